The van der Waals surface area contributed by atoms with Gasteiger partial charge in [-0.15, -0.1) is 0 Å². The highest BCUT2D eigenvalue weighted by Gasteiger charge is 2.27. The van der Waals surface area contributed by atoms with Crippen molar-refractivity contribution in [3.8, 4) is 0 Å². The topological polar surface area (TPSA) is 48.1 Å². The first kappa shape index (κ1) is 16.5. The van der Waals surface area contributed by atoms with E-state index >= 15 is 0 Å². The van der Waals surface area contributed by atoms with Gasteiger partial charge in [0.15, 0.2) is 0 Å². The summed E-state index contributed by atoms with van der Waals surface area (Å²) in [5, 5.41) is 2.95. The fraction of sp³-hybridized carbons (Fsp3) is 0.933. The molecule has 0 aromatic heterocycles. The van der Waals surface area contributed by atoms with Crippen molar-refractivity contribution in [3.05, 3.63) is 0 Å². The molecule has 0 unspecified atom stereocenters. The van der Waals surface area contributed by atoms with Crippen molar-refractivity contribution < 1.29 is 9.53 Å². The molecule has 0 spiro atoms. The molecule has 0 aromatic carbocycles. The number of likely N-dealkylation sites (N-methyl/N-ethyl adjacent to an activating group) is 1. The minimum absolute atomic E-state index is 0.0630. The lowest BCUT2D eigenvalue weighted by atomic mass is 10.1. The standard InChI is InChI=1S/C15H30N4O2/c1-17-8-10-18(11-9-17)14-5-3-4-7-19(13-14)15(20)16-6-12-21-2/h14H,3-13H2,1-2H3,(H,16,20)/t14-/m0/s1. The molecule has 2 aliphatic rings. The first-order valence-corrected chi connectivity index (χ1v) is 8.15. The molecule has 21 heavy (non-hydrogen) atoms. The molecule has 122 valence electrons. The summed E-state index contributed by atoms with van der Waals surface area (Å²) in [4.78, 5) is 19.2. The minimum Gasteiger partial charge on any atom is -0.383 e. The van der Waals surface area contributed by atoms with Crippen LogP contribution in [-0.2, 0) is 4.74 Å². The number of piperazine rings is 1. The summed E-state index contributed by atoms with van der Waals surface area (Å²) in [6, 6.07) is 0.586. The summed E-state index contributed by atoms with van der Waals surface area (Å²) in [6.45, 7) is 7.42. The normalized spacial score (nSPS) is 25.6. The van der Waals surface area contributed by atoms with Gasteiger partial charge in [-0.1, -0.05) is 6.42 Å². The minimum atomic E-state index is 0.0630. The smallest absolute Gasteiger partial charge is 0.317 e. The number of nitrogens with one attached hydrogen (secondary N) is 1. The number of rotatable bonds is 4. The summed E-state index contributed by atoms with van der Waals surface area (Å²) in [5.41, 5.74) is 0. The van der Waals surface area contributed by atoms with Crippen molar-refractivity contribution in [1.29, 1.82) is 0 Å². The molecule has 6 heteroatoms. The SMILES string of the molecule is COCCNC(=O)N1CCCC[C@H](N2CCN(C)CC2)C1. The van der Waals surface area contributed by atoms with Gasteiger partial charge < -0.3 is 19.9 Å². The Morgan fingerprint density at radius 3 is 2.67 bits per heavy atom. The molecule has 0 bridgehead atoms. The fourth-order valence-corrected chi connectivity index (χ4v) is 3.16. The van der Waals surface area contributed by atoms with Gasteiger partial charge in [-0.25, -0.2) is 4.79 Å². The van der Waals surface area contributed by atoms with E-state index in [2.05, 4.69) is 22.2 Å². The molecule has 1 N–H and O–H groups in total. The number of amides is 2. The van der Waals surface area contributed by atoms with Crippen LogP contribution in [0.15, 0.2) is 0 Å². The third kappa shape index (κ3) is 5.13. The maximum absolute atomic E-state index is 12.2. The number of carbonyl (C=O) groups excluding carboxylic acids is 1. The van der Waals surface area contributed by atoms with E-state index in [4.69, 9.17) is 4.74 Å². The van der Waals surface area contributed by atoms with Crippen LogP contribution in [0.4, 0.5) is 4.79 Å². The molecule has 0 radical (unpaired) electrons. The van der Waals surface area contributed by atoms with Gasteiger partial charge in [-0.3, -0.25) is 4.90 Å². The summed E-state index contributed by atoms with van der Waals surface area (Å²) in [5.74, 6) is 0. The second-order valence-electron chi connectivity index (χ2n) is 6.16. The largest absolute Gasteiger partial charge is 0.383 e. The summed E-state index contributed by atoms with van der Waals surface area (Å²) in [7, 11) is 3.83. The van der Waals surface area contributed by atoms with Crippen LogP contribution < -0.4 is 5.32 Å². The summed E-state index contributed by atoms with van der Waals surface area (Å²) < 4.78 is 4.98. The number of carbonyl (C=O) groups is 1. The first-order valence-electron chi connectivity index (χ1n) is 8.15. The Bertz CT molecular complexity index is 319. The van der Waals surface area contributed by atoms with Crippen LogP contribution in [-0.4, -0.2) is 93.4 Å². The molecule has 0 aromatic rings. The maximum Gasteiger partial charge on any atom is 0.317 e. The number of urea groups is 1. The summed E-state index contributed by atoms with van der Waals surface area (Å²) >= 11 is 0. The Hall–Kier alpha value is -0.850. The number of nitrogens with zero attached hydrogens (tertiary/aromatic N) is 3. The first-order chi connectivity index (χ1) is 10.2. The van der Waals surface area contributed by atoms with E-state index in [-0.39, 0.29) is 6.03 Å². The van der Waals surface area contributed by atoms with Gasteiger partial charge >= 0.3 is 6.03 Å². The third-order valence-electron chi connectivity index (χ3n) is 4.57. The van der Waals surface area contributed by atoms with Crippen molar-refractivity contribution in [3.63, 3.8) is 0 Å². The predicted molar refractivity (Wildman–Crippen MR) is 83.6 cm³/mol. The third-order valence-corrected chi connectivity index (χ3v) is 4.57. The van der Waals surface area contributed by atoms with E-state index in [1.807, 2.05) is 4.90 Å². The van der Waals surface area contributed by atoms with Crippen LogP contribution in [0.2, 0.25) is 0 Å². The van der Waals surface area contributed by atoms with Crippen LogP contribution >= 0.6 is 0 Å². The zero-order valence-electron chi connectivity index (χ0n) is 13.5. The van der Waals surface area contributed by atoms with Crippen LogP contribution in [0.3, 0.4) is 0 Å². The van der Waals surface area contributed by atoms with Crippen LogP contribution in [0, 0.1) is 0 Å². The highest BCUT2D eigenvalue weighted by atomic mass is 16.5. The molecule has 2 rings (SSSR count). The Kier molecular flexibility index (Phi) is 6.73. The van der Waals surface area contributed by atoms with E-state index in [0.717, 1.165) is 45.7 Å². The highest BCUT2D eigenvalue weighted by Crippen LogP contribution is 2.17. The average molecular weight is 298 g/mol. The Morgan fingerprint density at radius 1 is 1.19 bits per heavy atom. The molecular formula is C15H30N4O2. The average Bonchev–Trinajstić information content (AvgIpc) is 2.74. The lowest BCUT2D eigenvalue weighted by Gasteiger charge is -2.39. The van der Waals surface area contributed by atoms with Gasteiger partial charge in [0.25, 0.3) is 0 Å². The van der Waals surface area contributed by atoms with Crippen LogP contribution in [0.1, 0.15) is 19.3 Å². The molecule has 0 aliphatic carbocycles. The molecule has 2 saturated heterocycles. The van der Waals surface area contributed by atoms with Gasteiger partial charge in [0.2, 0.25) is 0 Å². The van der Waals surface area contributed by atoms with E-state index in [1.54, 1.807) is 7.11 Å². The quantitative estimate of drug-likeness (QED) is 0.765. The number of ether oxygens (including phenoxy) is 1. The summed E-state index contributed by atoms with van der Waals surface area (Å²) in [6.07, 6.45) is 3.55. The van der Waals surface area contributed by atoms with E-state index < -0.39 is 0 Å². The second kappa shape index (κ2) is 8.56. The highest BCUT2D eigenvalue weighted by molar-refractivity contribution is 5.74. The molecular weight excluding hydrogens is 268 g/mol. The van der Waals surface area contributed by atoms with Crippen molar-refractivity contribution in [1.82, 2.24) is 20.0 Å². The molecule has 2 amide bonds. The van der Waals surface area contributed by atoms with E-state index in [1.165, 1.54) is 12.8 Å². The number of likely N-dealkylation sites (tertiary alicyclic amines) is 1. The molecule has 1 atom stereocenters. The Balaban J connectivity index is 1.84. The molecule has 0 saturated carbocycles. The molecule has 2 aliphatic heterocycles. The predicted octanol–water partition coefficient (Wildman–Crippen LogP) is 0.444. The number of methoxy groups -OCH3 is 1. The van der Waals surface area contributed by atoms with Crippen LogP contribution in [0.5, 0.6) is 0 Å². The van der Waals surface area contributed by atoms with Gasteiger partial charge in [0, 0.05) is 59.0 Å². The van der Waals surface area contributed by atoms with Crippen molar-refractivity contribution in [2.75, 3.05) is 66.6 Å². The lowest BCUT2D eigenvalue weighted by Crippen LogP contribution is -2.53. The Labute approximate surface area is 128 Å². The zero-order chi connectivity index (χ0) is 15.1. The second-order valence-corrected chi connectivity index (χ2v) is 6.16. The lowest BCUT2D eigenvalue weighted by molar-refractivity contribution is 0.0930. The molecule has 6 nitrogen and oxygen atoms in total. The van der Waals surface area contributed by atoms with E-state index in [0.29, 0.717) is 19.2 Å². The van der Waals surface area contributed by atoms with Gasteiger partial charge in [0.1, 0.15) is 0 Å². The van der Waals surface area contributed by atoms with Gasteiger partial charge in [0.05, 0.1) is 6.61 Å². The monoisotopic (exact) mass is 298 g/mol. The van der Waals surface area contributed by atoms with Crippen molar-refractivity contribution in [2.24, 2.45) is 0 Å². The zero-order valence-corrected chi connectivity index (χ0v) is 13.5. The van der Waals surface area contributed by atoms with E-state index in [9.17, 15) is 4.79 Å². The van der Waals surface area contributed by atoms with Crippen molar-refractivity contribution in [2.45, 2.75) is 25.3 Å². The van der Waals surface area contributed by atoms with Crippen LogP contribution in [0.25, 0.3) is 0 Å². The number of hydrogen-bond donors (Lipinski definition) is 1. The van der Waals surface area contributed by atoms with Gasteiger partial charge in [-0.2, -0.15) is 0 Å². The molecule has 2 fully saturated rings. The van der Waals surface area contributed by atoms with Gasteiger partial charge in [-0.05, 0) is 19.9 Å². The fourth-order valence-electron chi connectivity index (χ4n) is 3.16. The Morgan fingerprint density at radius 2 is 1.95 bits per heavy atom. The maximum atomic E-state index is 12.2. The molecule has 2 heterocycles. The number of hydrogen-bond acceptors (Lipinski definition) is 4. The van der Waals surface area contributed by atoms with Crippen molar-refractivity contribution >= 4 is 6.03 Å².